The van der Waals surface area contributed by atoms with Crippen molar-refractivity contribution in [2.45, 2.75) is 67.7 Å². The Hall–Kier alpha value is -2.39. The standard InChI is InChI=1S/C24H25FN2O4S2/c25-12-17-13-32-24(26-17)27-23(29)21(10-14-1-5-18(28)9-14)16-4-8-22(20(11-16)15-2-3-15)33(30,31)19-6-7-19/h4,8,10-11,13-15,19H,1-3,5-7,9,12H2,(H,26,27,29)/b21-10+/t14-/m0/s1. The predicted molar refractivity (Wildman–Crippen MR) is 125 cm³/mol. The van der Waals surface area contributed by atoms with Gasteiger partial charge in [0.15, 0.2) is 15.0 Å². The average Bonchev–Trinajstić information content (AvgIpc) is 3.72. The third-order valence-corrected chi connectivity index (χ3v) is 9.59. The second-order valence-electron chi connectivity index (χ2n) is 9.12. The first-order valence-corrected chi connectivity index (χ1v) is 13.7. The summed E-state index contributed by atoms with van der Waals surface area (Å²) in [5.41, 5.74) is 2.07. The molecule has 3 aliphatic rings. The largest absolute Gasteiger partial charge is 0.300 e. The Kier molecular flexibility index (Phi) is 5.95. The second kappa shape index (κ2) is 8.76. The third kappa shape index (κ3) is 4.80. The van der Waals surface area contributed by atoms with Crippen LogP contribution >= 0.6 is 11.3 Å². The fourth-order valence-corrected chi connectivity index (χ4v) is 6.97. The van der Waals surface area contributed by atoms with Gasteiger partial charge < -0.3 is 0 Å². The van der Waals surface area contributed by atoms with E-state index < -0.39 is 22.4 Å². The molecule has 1 aromatic heterocycles. The first-order chi connectivity index (χ1) is 15.8. The van der Waals surface area contributed by atoms with Gasteiger partial charge in [-0.25, -0.2) is 17.8 Å². The topological polar surface area (TPSA) is 93.2 Å². The molecule has 0 radical (unpaired) electrons. The van der Waals surface area contributed by atoms with Crippen molar-refractivity contribution in [1.29, 1.82) is 0 Å². The smallest absolute Gasteiger partial charge is 0.257 e. The lowest BCUT2D eigenvalue weighted by molar-refractivity contribution is -0.117. The summed E-state index contributed by atoms with van der Waals surface area (Å²) in [6.07, 6.45) is 6.66. The van der Waals surface area contributed by atoms with Gasteiger partial charge in [0.1, 0.15) is 12.5 Å². The zero-order valence-corrected chi connectivity index (χ0v) is 19.7. The van der Waals surface area contributed by atoms with Crippen LogP contribution in [-0.4, -0.2) is 30.3 Å². The number of nitrogens with zero attached hydrogens (tertiary/aromatic N) is 1. The molecular formula is C24H25FN2O4S2. The molecule has 0 saturated heterocycles. The van der Waals surface area contributed by atoms with Crippen LogP contribution in [0.3, 0.4) is 0 Å². The number of thiazole rings is 1. The van der Waals surface area contributed by atoms with Crippen LogP contribution in [0.4, 0.5) is 9.52 Å². The van der Waals surface area contributed by atoms with E-state index in [0.29, 0.717) is 53.3 Å². The molecule has 9 heteroatoms. The number of allylic oxidation sites excluding steroid dienone is 1. The molecule has 174 valence electrons. The van der Waals surface area contributed by atoms with Gasteiger partial charge in [-0.2, -0.15) is 0 Å². The quantitative estimate of drug-likeness (QED) is 0.538. The molecule has 0 bridgehead atoms. The number of carbonyl (C=O) groups is 2. The number of anilines is 1. The van der Waals surface area contributed by atoms with Gasteiger partial charge in [0.25, 0.3) is 5.91 Å². The second-order valence-corrected chi connectivity index (χ2v) is 12.2. The van der Waals surface area contributed by atoms with Crippen LogP contribution in [0, 0.1) is 5.92 Å². The van der Waals surface area contributed by atoms with Crippen LogP contribution in [0.5, 0.6) is 0 Å². The highest BCUT2D eigenvalue weighted by Crippen LogP contribution is 2.46. The Labute approximate surface area is 196 Å². The van der Waals surface area contributed by atoms with Crippen molar-refractivity contribution in [3.05, 3.63) is 46.5 Å². The third-order valence-electron chi connectivity index (χ3n) is 6.45. The van der Waals surface area contributed by atoms with E-state index in [1.54, 1.807) is 17.5 Å². The first kappa shape index (κ1) is 22.4. The van der Waals surface area contributed by atoms with Crippen LogP contribution in [-0.2, 0) is 26.1 Å². The van der Waals surface area contributed by atoms with Gasteiger partial charge in [-0.15, -0.1) is 11.3 Å². The van der Waals surface area contributed by atoms with Gasteiger partial charge in [0, 0.05) is 23.8 Å². The van der Waals surface area contributed by atoms with Crippen molar-refractivity contribution in [3.63, 3.8) is 0 Å². The number of amides is 1. The number of Topliss-reactive ketones (excluding diaryl/α,β-unsaturated/α-hetero) is 1. The molecule has 33 heavy (non-hydrogen) atoms. The lowest BCUT2D eigenvalue weighted by Crippen LogP contribution is -2.16. The van der Waals surface area contributed by atoms with Gasteiger partial charge in [-0.05, 0) is 67.2 Å². The molecule has 0 unspecified atom stereocenters. The summed E-state index contributed by atoms with van der Waals surface area (Å²) in [5, 5.41) is 4.31. The highest BCUT2D eigenvalue weighted by atomic mass is 32.2. The zero-order chi connectivity index (χ0) is 23.2. The Morgan fingerprint density at radius 3 is 2.61 bits per heavy atom. The van der Waals surface area contributed by atoms with Crippen LogP contribution < -0.4 is 5.32 Å². The van der Waals surface area contributed by atoms with Crippen molar-refractivity contribution in [3.8, 4) is 0 Å². The highest BCUT2D eigenvalue weighted by molar-refractivity contribution is 7.92. The minimum atomic E-state index is -3.35. The molecule has 2 aromatic rings. The molecule has 1 amide bonds. The molecule has 1 N–H and O–H groups in total. The van der Waals surface area contributed by atoms with E-state index in [1.165, 1.54) is 0 Å². The van der Waals surface area contributed by atoms with Crippen molar-refractivity contribution in [2.24, 2.45) is 5.92 Å². The van der Waals surface area contributed by atoms with Gasteiger partial charge in [0.05, 0.1) is 15.8 Å². The number of aromatic nitrogens is 1. The minimum absolute atomic E-state index is 0.0461. The Morgan fingerprint density at radius 2 is 2.00 bits per heavy atom. The van der Waals surface area contributed by atoms with Crippen molar-refractivity contribution in [1.82, 2.24) is 4.98 Å². The number of ketones is 1. The fraction of sp³-hybridized carbons (Fsp3) is 0.458. The molecule has 6 nitrogen and oxygen atoms in total. The number of alkyl halides is 1. The van der Waals surface area contributed by atoms with E-state index in [0.717, 1.165) is 29.7 Å². The normalized spacial score (nSPS) is 21.4. The van der Waals surface area contributed by atoms with E-state index in [1.807, 2.05) is 12.1 Å². The zero-order valence-electron chi connectivity index (χ0n) is 18.1. The maximum absolute atomic E-state index is 13.3. The van der Waals surface area contributed by atoms with E-state index in [2.05, 4.69) is 10.3 Å². The molecule has 0 spiro atoms. The number of benzene rings is 1. The SMILES string of the molecule is O=C1CC[C@H](/C=C(/C(=O)Nc2nc(CF)cs2)c2ccc(S(=O)(=O)C3CC3)c(C3CC3)c2)C1. The van der Waals surface area contributed by atoms with E-state index >= 15 is 0 Å². The molecule has 3 saturated carbocycles. The van der Waals surface area contributed by atoms with Crippen molar-refractivity contribution >= 4 is 43.6 Å². The Morgan fingerprint density at radius 1 is 1.21 bits per heavy atom. The number of sulfone groups is 1. The van der Waals surface area contributed by atoms with Crippen molar-refractivity contribution < 1.29 is 22.4 Å². The molecule has 1 aromatic carbocycles. The molecule has 1 heterocycles. The molecule has 3 fully saturated rings. The number of rotatable bonds is 8. The van der Waals surface area contributed by atoms with Gasteiger partial charge in [-0.1, -0.05) is 12.1 Å². The summed E-state index contributed by atoms with van der Waals surface area (Å²) in [5.74, 6) is -0.0752. The molecule has 0 aliphatic heterocycles. The van der Waals surface area contributed by atoms with Gasteiger partial charge in [-0.3, -0.25) is 14.9 Å². The van der Waals surface area contributed by atoms with Crippen molar-refractivity contribution in [2.75, 3.05) is 5.32 Å². The summed E-state index contributed by atoms with van der Waals surface area (Å²) in [7, 11) is -3.35. The molecule has 1 atom stereocenters. The number of nitrogens with one attached hydrogen (secondary N) is 1. The summed E-state index contributed by atoms with van der Waals surface area (Å²) >= 11 is 1.15. The minimum Gasteiger partial charge on any atom is -0.300 e. The van der Waals surface area contributed by atoms with E-state index in [-0.39, 0.29) is 28.6 Å². The number of carbonyl (C=O) groups excluding carboxylic acids is 2. The highest BCUT2D eigenvalue weighted by Gasteiger charge is 2.40. The monoisotopic (exact) mass is 488 g/mol. The summed E-state index contributed by atoms with van der Waals surface area (Å²) in [6, 6.07) is 5.17. The Balaban J connectivity index is 1.51. The van der Waals surface area contributed by atoms with Gasteiger partial charge in [0.2, 0.25) is 0 Å². The maximum Gasteiger partial charge on any atom is 0.257 e. The average molecular weight is 489 g/mol. The molecule has 5 rings (SSSR count). The van der Waals surface area contributed by atoms with Crippen LogP contribution in [0.1, 0.15) is 67.7 Å². The van der Waals surface area contributed by atoms with E-state index in [4.69, 9.17) is 0 Å². The predicted octanol–water partition coefficient (Wildman–Crippen LogP) is 4.82. The lowest BCUT2D eigenvalue weighted by Gasteiger charge is -2.15. The number of hydrogen-bond acceptors (Lipinski definition) is 6. The van der Waals surface area contributed by atoms with Crippen LogP contribution in [0.25, 0.3) is 5.57 Å². The van der Waals surface area contributed by atoms with Gasteiger partial charge >= 0.3 is 0 Å². The molecule has 3 aliphatic carbocycles. The summed E-state index contributed by atoms with van der Waals surface area (Å²) in [6.45, 7) is -0.707. The first-order valence-electron chi connectivity index (χ1n) is 11.3. The van der Waals surface area contributed by atoms with Crippen LogP contribution in [0.15, 0.2) is 34.6 Å². The van der Waals surface area contributed by atoms with E-state index in [9.17, 15) is 22.4 Å². The number of halogens is 1. The lowest BCUT2D eigenvalue weighted by atomic mass is 9.96. The molecular weight excluding hydrogens is 463 g/mol. The van der Waals surface area contributed by atoms with Crippen LogP contribution in [0.2, 0.25) is 0 Å². The Bertz CT molecular complexity index is 1240. The number of hydrogen-bond donors (Lipinski definition) is 1. The summed E-state index contributed by atoms with van der Waals surface area (Å²) in [4.78, 5) is 29.5. The summed E-state index contributed by atoms with van der Waals surface area (Å²) < 4.78 is 38.8. The fourth-order valence-electron chi connectivity index (χ4n) is 4.36. The maximum atomic E-state index is 13.3.